The molecule has 1 atom stereocenters. The lowest BCUT2D eigenvalue weighted by atomic mass is 10.0. The predicted octanol–water partition coefficient (Wildman–Crippen LogP) is 6.10. The van der Waals surface area contributed by atoms with Crippen LogP contribution in [-0.2, 0) is 14.3 Å². The van der Waals surface area contributed by atoms with Crippen molar-refractivity contribution in [3.8, 4) is 0 Å². The van der Waals surface area contributed by atoms with Crippen molar-refractivity contribution in [2.24, 2.45) is 4.99 Å². The Morgan fingerprint density at radius 3 is 2.33 bits per heavy atom. The van der Waals surface area contributed by atoms with E-state index in [0.717, 1.165) is 25.0 Å². The van der Waals surface area contributed by atoms with Crippen molar-refractivity contribution in [3.05, 3.63) is 11.3 Å². The van der Waals surface area contributed by atoms with Gasteiger partial charge in [-0.2, -0.15) is 11.8 Å². The smallest absolute Gasteiger partial charge is 0.266 e. The molecule has 0 radical (unpaired) electrons. The van der Waals surface area contributed by atoms with E-state index in [0.29, 0.717) is 31.7 Å². The number of unbranched alkanes of at least 4 members (excludes halogenated alkanes) is 7. The lowest BCUT2D eigenvalue weighted by Crippen LogP contribution is -2.40. The fraction of sp³-hybridized carbons (Fsp3) is 0.808. The van der Waals surface area contributed by atoms with Crippen molar-refractivity contribution in [2.45, 2.75) is 110 Å². The lowest BCUT2D eigenvalue weighted by Gasteiger charge is -2.21. The number of imide groups is 1. The molecule has 1 unspecified atom stereocenters. The molecule has 0 saturated heterocycles. The Morgan fingerprint density at radius 2 is 1.76 bits per heavy atom. The number of aliphatic imine (C=N–C) groups is 1. The van der Waals surface area contributed by atoms with E-state index in [1.807, 2.05) is 20.1 Å². The molecule has 190 valence electrons. The Hall–Kier alpha value is -1.34. The highest BCUT2D eigenvalue weighted by Crippen LogP contribution is 2.30. The number of ether oxygens (including phenoxy) is 1. The minimum atomic E-state index is -0.578. The van der Waals surface area contributed by atoms with E-state index in [1.54, 1.807) is 11.8 Å². The Morgan fingerprint density at radius 1 is 1.12 bits per heavy atom. The molecule has 0 bridgehead atoms. The molecule has 33 heavy (non-hydrogen) atoms. The van der Waals surface area contributed by atoms with Crippen molar-refractivity contribution >= 4 is 29.3 Å². The van der Waals surface area contributed by atoms with Crippen molar-refractivity contribution in [2.75, 3.05) is 25.2 Å². The van der Waals surface area contributed by atoms with Gasteiger partial charge in [-0.3, -0.25) is 19.5 Å². The van der Waals surface area contributed by atoms with Crippen molar-refractivity contribution < 1.29 is 19.4 Å². The van der Waals surface area contributed by atoms with Crippen LogP contribution in [0.4, 0.5) is 0 Å². The molecule has 1 N–H and O–H groups in total. The Kier molecular flexibility index (Phi) is 15.4. The topological polar surface area (TPSA) is 79.2 Å². The molecular weight excluding hydrogens is 436 g/mol. The molecule has 0 aromatic carbocycles. The van der Waals surface area contributed by atoms with Gasteiger partial charge in [-0.05, 0) is 51.5 Å². The van der Waals surface area contributed by atoms with Crippen LogP contribution in [0.2, 0.25) is 0 Å². The molecule has 2 amide bonds. The number of carbonyl (C=O) groups is 2. The van der Waals surface area contributed by atoms with Gasteiger partial charge in [0.25, 0.3) is 5.91 Å². The number of thioether (sulfide) groups is 1. The predicted molar refractivity (Wildman–Crippen MR) is 139 cm³/mol. The molecule has 1 aliphatic rings. The van der Waals surface area contributed by atoms with Crippen LogP contribution in [0, 0.1) is 0 Å². The third kappa shape index (κ3) is 10.6. The summed E-state index contributed by atoms with van der Waals surface area (Å²) in [5.41, 5.74) is 0.898. The van der Waals surface area contributed by atoms with E-state index in [1.165, 1.54) is 50.3 Å². The molecule has 0 saturated carbocycles. The van der Waals surface area contributed by atoms with E-state index in [-0.39, 0.29) is 23.3 Å². The summed E-state index contributed by atoms with van der Waals surface area (Å²) in [7, 11) is 0. The second-order valence-electron chi connectivity index (χ2n) is 9.08. The molecule has 1 aliphatic heterocycles. The zero-order valence-corrected chi connectivity index (χ0v) is 22.3. The van der Waals surface area contributed by atoms with Gasteiger partial charge >= 0.3 is 0 Å². The average Bonchev–Trinajstić information content (AvgIpc) is 3.01. The molecule has 7 heteroatoms. The molecule has 0 fully saturated rings. The minimum Gasteiger partial charge on any atom is -0.509 e. The van der Waals surface area contributed by atoms with Crippen molar-refractivity contribution in [1.29, 1.82) is 0 Å². The minimum absolute atomic E-state index is 0.0148. The van der Waals surface area contributed by atoms with Crippen molar-refractivity contribution in [1.82, 2.24) is 4.90 Å². The van der Waals surface area contributed by atoms with E-state index in [4.69, 9.17) is 9.73 Å². The second-order valence-corrected chi connectivity index (χ2v) is 10.1. The first kappa shape index (κ1) is 29.7. The monoisotopic (exact) mass is 482 g/mol. The van der Waals surface area contributed by atoms with Gasteiger partial charge in [0.2, 0.25) is 5.91 Å². The summed E-state index contributed by atoms with van der Waals surface area (Å²) in [6.45, 7) is 8.77. The highest BCUT2D eigenvalue weighted by molar-refractivity contribution is 7.98. The number of rotatable bonds is 18. The normalized spacial score (nSPS) is 17.0. The fourth-order valence-electron chi connectivity index (χ4n) is 4.10. The molecule has 1 heterocycles. The van der Waals surface area contributed by atoms with E-state index in [9.17, 15) is 14.7 Å². The molecule has 6 nitrogen and oxygen atoms in total. The maximum atomic E-state index is 13.2. The zero-order valence-electron chi connectivity index (χ0n) is 21.5. The van der Waals surface area contributed by atoms with Gasteiger partial charge in [0, 0.05) is 20.1 Å². The third-order valence-corrected chi connectivity index (χ3v) is 6.51. The third-order valence-electron chi connectivity index (χ3n) is 5.86. The van der Waals surface area contributed by atoms with Gasteiger partial charge in [0.05, 0.1) is 17.9 Å². The Bertz CT molecular complexity index is 661. The molecule has 0 spiro atoms. The van der Waals surface area contributed by atoms with Crippen LogP contribution in [0.3, 0.4) is 0 Å². The van der Waals surface area contributed by atoms with Gasteiger partial charge in [-0.1, -0.05) is 51.9 Å². The van der Waals surface area contributed by atoms with E-state index >= 15 is 0 Å². The summed E-state index contributed by atoms with van der Waals surface area (Å²) in [4.78, 5) is 31.3. The summed E-state index contributed by atoms with van der Waals surface area (Å²) in [5, 5.41) is 11.0. The van der Waals surface area contributed by atoms with Gasteiger partial charge in [0.1, 0.15) is 11.3 Å². The maximum Gasteiger partial charge on any atom is 0.266 e. The number of aliphatic hydroxyl groups is 1. The first-order valence-electron chi connectivity index (χ1n) is 12.8. The molecule has 0 aromatic heterocycles. The molecule has 1 rings (SSSR count). The number of hydrogen-bond acceptors (Lipinski definition) is 6. The van der Waals surface area contributed by atoms with E-state index < -0.39 is 11.9 Å². The van der Waals surface area contributed by atoms with Crippen LogP contribution in [0.1, 0.15) is 98.3 Å². The first-order chi connectivity index (χ1) is 15.8. The van der Waals surface area contributed by atoms with Gasteiger partial charge < -0.3 is 9.84 Å². The quantitative estimate of drug-likeness (QED) is 0.189. The molecule has 0 aromatic rings. The second kappa shape index (κ2) is 17.1. The zero-order chi connectivity index (χ0) is 24.6. The standard InChI is InChI=1S/C26H46N2O4S/c1-6-7-8-9-10-11-12-13-15-22(27-17-14-18-32-20(2)3)24-25(30)23(16-19-33-5)28(21(4)29)26(24)31/h20,23,30H,6-19H2,1-5H3. The number of aliphatic hydroxyl groups excluding tert-OH is 1. The summed E-state index contributed by atoms with van der Waals surface area (Å²) in [6.07, 6.45) is 13.7. The van der Waals surface area contributed by atoms with Gasteiger partial charge in [0.15, 0.2) is 0 Å². The van der Waals surface area contributed by atoms with Crippen LogP contribution in [0.25, 0.3) is 0 Å². The van der Waals surface area contributed by atoms with Crippen molar-refractivity contribution in [3.63, 3.8) is 0 Å². The van der Waals surface area contributed by atoms with Crippen LogP contribution < -0.4 is 0 Å². The molecular formula is C26H46N2O4S. The van der Waals surface area contributed by atoms with Gasteiger partial charge in [-0.15, -0.1) is 0 Å². The molecule has 0 aliphatic carbocycles. The largest absolute Gasteiger partial charge is 0.509 e. The Balaban J connectivity index is 2.87. The maximum absolute atomic E-state index is 13.2. The fourth-order valence-corrected chi connectivity index (χ4v) is 4.56. The number of carbonyl (C=O) groups excluding carboxylic acids is 2. The SMILES string of the molecule is CCCCCCCCCCC(=NCCCOC(C)C)C1=C(O)C(CCSC)N(C(C)=O)C1=O. The number of amides is 2. The summed E-state index contributed by atoms with van der Waals surface area (Å²) >= 11 is 1.64. The summed E-state index contributed by atoms with van der Waals surface area (Å²) in [6, 6.07) is -0.578. The lowest BCUT2D eigenvalue weighted by molar-refractivity contribution is -0.141. The van der Waals surface area contributed by atoms with Crippen LogP contribution >= 0.6 is 11.8 Å². The van der Waals surface area contributed by atoms with Crippen LogP contribution in [0.5, 0.6) is 0 Å². The number of nitrogens with zero attached hydrogens (tertiary/aromatic N) is 2. The summed E-state index contributed by atoms with van der Waals surface area (Å²) < 4.78 is 5.60. The first-order valence-corrected chi connectivity index (χ1v) is 14.2. The van der Waals surface area contributed by atoms with E-state index in [2.05, 4.69) is 6.92 Å². The number of hydrogen-bond donors (Lipinski definition) is 1. The Labute approximate surface area is 205 Å². The highest BCUT2D eigenvalue weighted by atomic mass is 32.2. The van der Waals surface area contributed by atoms with Crippen LogP contribution in [-0.4, -0.2) is 64.8 Å². The van der Waals surface area contributed by atoms with Crippen LogP contribution in [0.15, 0.2) is 16.3 Å². The van der Waals surface area contributed by atoms with Gasteiger partial charge in [-0.25, -0.2) is 0 Å². The average molecular weight is 483 g/mol. The highest BCUT2D eigenvalue weighted by Gasteiger charge is 2.43. The summed E-state index contributed by atoms with van der Waals surface area (Å²) in [5.74, 6) is 0.0455.